The van der Waals surface area contributed by atoms with Crippen molar-refractivity contribution in [2.24, 2.45) is 0 Å². The third-order valence-corrected chi connectivity index (χ3v) is 3.44. The van der Waals surface area contributed by atoms with Gasteiger partial charge < -0.3 is 10.2 Å². The van der Waals surface area contributed by atoms with E-state index in [1.807, 2.05) is 19.9 Å². The van der Waals surface area contributed by atoms with E-state index in [-0.39, 0.29) is 0 Å². The summed E-state index contributed by atoms with van der Waals surface area (Å²) in [6, 6.07) is 3.08. The molecule has 1 fully saturated rings. The summed E-state index contributed by atoms with van der Waals surface area (Å²) in [5, 5.41) is 3.49. The lowest BCUT2D eigenvalue weighted by Gasteiger charge is -2.27. The van der Waals surface area contributed by atoms with E-state index in [0.29, 0.717) is 12.1 Å². The van der Waals surface area contributed by atoms with Gasteiger partial charge >= 0.3 is 0 Å². The maximum absolute atomic E-state index is 4.45. The molecule has 2 rings (SSSR count). The molecule has 0 radical (unpaired) electrons. The van der Waals surface area contributed by atoms with E-state index in [1.165, 1.54) is 19.3 Å². The van der Waals surface area contributed by atoms with Gasteiger partial charge in [-0.3, -0.25) is 0 Å². The fraction of sp³-hybridized carbons (Fsp3) is 0.692. The molecule has 4 nitrogen and oxygen atoms in total. The van der Waals surface area contributed by atoms with E-state index in [4.69, 9.17) is 0 Å². The minimum absolute atomic E-state index is 0.478. The van der Waals surface area contributed by atoms with Crippen molar-refractivity contribution in [3.63, 3.8) is 0 Å². The van der Waals surface area contributed by atoms with Gasteiger partial charge in [-0.15, -0.1) is 0 Å². The molecule has 1 N–H and O–H groups in total. The van der Waals surface area contributed by atoms with Crippen LogP contribution in [0.2, 0.25) is 0 Å². The Morgan fingerprint density at radius 3 is 2.41 bits per heavy atom. The molecule has 1 aromatic heterocycles. The number of hydrogen-bond acceptors (Lipinski definition) is 4. The van der Waals surface area contributed by atoms with Crippen LogP contribution in [0.1, 0.15) is 30.7 Å². The van der Waals surface area contributed by atoms with Crippen molar-refractivity contribution < 1.29 is 0 Å². The van der Waals surface area contributed by atoms with Crippen molar-refractivity contribution in [3.05, 3.63) is 17.5 Å². The molecule has 0 spiro atoms. The number of anilines is 1. The Labute approximate surface area is 103 Å². The van der Waals surface area contributed by atoms with Crippen LogP contribution in [0.25, 0.3) is 0 Å². The summed E-state index contributed by atoms with van der Waals surface area (Å²) in [5.74, 6) is 0.779. The number of nitrogens with zero attached hydrogens (tertiary/aromatic N) is 3. The Morgan fingerprint density at radius 1 is 1.18 bits per heavy atom. The van der Waals surface area contributed by atoms with Crippen molar-refractivity contribution in [1.29, 1.82) is 0 Å². The Kier molecular flexibility index (Phi) is 3.62. The summed E-state index contributed by atoms with van der Waals surface area (Å²) in [6.45, 7) is 4.02. The Balaban J connectivity index is 2.09. The molecule has 0 aliphatic heterocycles. The predicted octanol–water partition coefficient (Wildman–Crippen LogP) is 1.99. The molecular weight excluding hydrogens is 212 g/mol. The highest BCUT2D eigenvalue weighted by Gasteiger charge is 2.29. The third kappa shape index (κ3) is 2.94. The monoisotopic (exact) mass is 234 g/mol. The average Bonchev–Trinajstić information content (AvgIpc) is 2.63. The lowest BCUT2D eigenvalue weighted by Crippen LogP contribution is -2.39. The van der Waals surface area contributed by atoms with E-state index < -0.39 is 0 Å². The quantitative estimate of drug-likeness (QED) is 0.868. The zero-order valence-electron chi connectivity index (χ0n) is 11.2. The summed E-state index contributed by atoms with van der Waals surface area (Å²) in [7, 11) is 4.29. The number of likely N-dealkylation sites (N-methyl/N-ethyl adjacent to an activating group) is 1. The van der Waals surface area contributed by atoms with Crippen molar-refractivity contribution in [1.82, 2.24) is 14.9 Å². The molecule has 0 unspecified atom stereocenters. The van der Waals surface area contributed by atoms with E-state index in [9.17, 15) is 0 Å². The second-order valence-electron chi connectivity index (χ2n) is 5.19. The van der Waals surface area contributed by atoms with Crippen LogP contribution in [0.5, 0.6) is 0 Å². The number of nitrogens with one attached hydrogen (secondary N) is 1. The van der Waals surface area contributed by atoms with Gasteiger partial charge in [0.1, 0.15) is 0 Å². The first kappa shape index (κ1) is 12.3. The average molecular weight is 234 g/mol. The SMILES string of the molecule is Cc1cc(C)nc(N[C@@H]2CCC[C@H]2N(C)C)n1. The Hall–Kier alpha value is -1.16. The molecule has 2 atom stereocenters. The zero-order chi connectivity index (χ0) is 12.4. The molecule has 4 heteroatoms. The summed E-state index contributed by atoms with van der Waals surface area (Å²) in [5.41, 5.74) is 2.05. The van der Waals surface area contributed by atoms with Crippen LogP contribution in [0, 0.1) is 13.8 Å². The summed E-state index contributed by atoms with van der Waals surface area (Å²) < 4.78 is 0. The highest BCUT2D eigenvalue weighted by atomic mass is 15.2. The molecule has 94 valence electrons. The van der Waals surface area contributed by atoms with Crippen LogP contribution in [-0.4, -0.2) is 41.0 Å². The summed E-state index contributed by atoms with van der Waals surface area (Å²) >= 11 is 0. The van der Waals surface area contributed by atoms with Crippen molar-refractivity contribution in [2.75, 3.05) is 19.4 Å². The molecule has 1 heterocycles. The van der Waals surface area contributed by atoms with Crippen LogP contribution >= 0.6 is 0 Å². The molecule has 0 aromatic carbocycles. The molecule has 1 saturated carbocycles. The molecule has 17 heavy (non-hydrogen) atoms. The van der Waals surface area contributed by atoms with Gasteiger partial charge in [0.05, 0.1) is 0 Å². The fourth-order valence-electron chi connectivity index (χ4n) is 2.68. The van der Waals surface area contributed by atoms with Crippen LogP contribution in [0.4, 0.5) is 5.95 Å². The lowest BCUT2D eigenvalue weighted by molar-refractivity contribution is 0.284. The van der Waals surface area contributed by atoms with Crippen molar-refractivity contribution in [2.45, 2.75) is 45.2 Å². The molecule has 0 amide bonds. The van der Waals surface area contributed by atoms with Gasteiger partial charge in [0.2, 0.25) is 5.95 Å². The zero-order valence-corrected chi connectivity index (χ0v) is 11.2. The van der Waals surface area contributed by atoms with Crippen molar-refractivity contribution >= 4 is 5.95 Å². The number of hydrogen-bond donors (Lipinski definition) is 1. The van der Waals surface area contributed by atoms with Gasteiger partial charge in [0.15, 0.2) is 0 Å². The molecule has 1 aliphatic carbocycles. The maximum atomic E-state index is 4.45. The van der Waals surface area contributed by atoms with Crippen LogP contribution < -0.4 is 5.32 Å². The first-order chi connectivity index (χ1) is 8.06. The van der Waals surface area contributed by atoms with Crippen LogP contribution in [0.3, 0.4) is 0 Å². The topological polar surface area (TPSA) is 41.1 Å². The summed E-state index contributed by atoms with van der Waals surface area (Å²) in [4.78, 5) is 11.2. The second kappa shape index (κ2) is 5.00. The smallest absolute Gasteiger partial charge is 0.223 e. The van der Waals surface area contributed by atoms with Gasteiger partial charge in [-0.1, -0.05) is 0 Å². The van der Waals surface area contributed by atoms with Crippen molar-refractivity contribution in [3.8, 4) is 0 Å². The Morgan fingerprint density at radius 2 is 1.82 bits per heavy atom. The van der Waals surface area contributed by atoms with Gasteiger partial charge in [0.25, 0.3) is 0 Å². The van der Waals surface area contributed by atoms with Gasteiger partial charge in [-0.25, -0.2) is 9.97 Å². The maximum Gasteiger partial charge on any atom is 0.223 e. The molecular formula is C13H22N4. The van der Waals surface area contributed by atoms with E-state index in [1.54, 1.807) is 0 Å². The minimum atomic E-state index is 0.478. The van der Waals surface area contributed by atoms with Crippen LogP contribution in [0.15, 0.2) is 6.07 Å². The molecule has 0 bridgehead atoms. The Bertz CT molecular complexity index is 369. The lowest BCUT2D eigenvalue weighted by atomic mass is 10.1. The van der Waals surface area contributed by atoms with Crippen LogP contribution in [-0.2, 0) is 0 Å². The number of aromatic nitrogens is 2. The highest BCUT2D eigenvalue weighted by Crippen LogP contribution is 2.24. The van der Waals surface area contributed by atoms with E-state index >= 15 is 0 Å². The van der Waals surface area contributed by atoms with E-state index in [2.05, 4.69) is 34.3 Å². The fourth-order valence-corrected chi connectivity index (χ4v) is 2.68. The largest absolute Gasteiger partial charge is 0.350 e. The molecule has 0 saturated heterocycles. The van der Waals surface area contributed by atoms with E-state index in [0.717, 1.165) is 17.3 Å². The normalized spacial score (nSPS) is 24.3. The van der Waals surface area contributed by atoms with Gasteiger partial charge in [0, 0.05) is 23.5 Å². The summed E-state index contributed by atoms with van der Waals surface area (Å²) in [6.07, 6.45) is 3.75. The number of rotatable bonds is 3. The number of aryl methyl sites for hydroxylation is 2. The minimum Gasteiger partial charge on any atom is -0.350 e. The standard InChI is InChI=1S/C13H22N4/c1-9-8-10(2)15-13(14-9)16-11-6-5-7-12(11)17(3)4/h8,11-12H,5-7H2,1-4H3,(H,14,15,16)/t11-,12-/m1/s1. The first-order valence-electron chi connectivity index (χ1n) is 6.31. The molecule has 1 aliphatic rings. The second-order valence-corrected chi connectivity index (χ2v) is 5.19. The predicted molar refractivity (Wildman–Crippen MR) is 70.2 cm³/mol. The highest BCUT2D eigenvalue weighted by molar-refractivity contribution is 5.30. The van der Waals surface area contributed by atoms with Gasteiger partial charge in [-0.05, 0) is 53.3 Å². The van der Waals surface area contributed by atoms with Gasteiger partial charge in [-0.2, -0.15) is 0 Å². The first-order valence-corrected chi connectivity index (χ1v) is 6.31. The molecule has 1 aromatic rings. The third-order valence-electron chi connectivity index (χ3n) is 3.44.